The zero-order valence-electron chi connectivity index (χ0n) is 9.19. The third-order valence-corrected chi connectivity index (χ3v) is 3.63. The van der Waals surface area contributed by atoms with E-state index in [1.807, 2.05) is 22.6 Å². The van der Waals surface area contributed by atoms with E-state index in [2.05, 4.69) is 17.9 Å². The van der Waals surface area contributed by atoms with E-state index in [1.165, 1.54) is 6.07 Å². The Bertz CT molecular complexity index is 470. The topological polar surface area (TPSA) is 66.4 Å². The number of aliphatic carboxylic acids is 1. The summed E-state index contributed by atoms with van der Waals surface area (Å²) in [5.74, 6) is -1.14. The molecule has 0 aliphatic carbocycles. The van der Waals surface area contributed by atoms with Gasteiger partial charge in [0.05, 0.1) is 5.56 Å². The SMILES string of the molecule is O=C(NC(CCS)C(=O)O)c1cc(Cl)ccc1I. The van der Waals surface area contributed by atoms with Gasteiger partial charge in [-0.25, -0.2) is 4.79 Å². The number of nitrogens with one attached hydrogen (secondary N) is 1. The van der Waals surface area contributed by atoms with Crippen LogP contribution in [0.15, 0.2) is 18.2 Å². The lowest BCUT2D eigenvalue weighted by Crippen LogP contribution is -2.41. The van der Waals surface area contributed by atoms with Gasteiger partial charge in [0.2, 0.25) is 0 Å². The average Bonchev–Trinajstić information content (AvgIpc) is 2.31. The maximum atomic E-state index is 11.9. The van der Waals surface area contributed by atoms with E-state index in [1.54, 1.807) is 12.1 Å². The van der Waals surface area contributed by atoms with Crippen LogP contribution in [0.5, 0.6) is 0 Å². The lowest BCUT2D eigenvalue weighted by Gasteiger charge is -2.14. The number of carbonyl (C=O) groups is 2. The van der Waals surface area contributed by atoms with E-state index < -0.39 is 17.9 Å². The molecule has 1 amide bonds. The number of rotatable bonds is 5. The van der Waals surface area contributed by atoms with Crippen LogP contribution in [0.1, 0.15) is 16.8 Å². The third kappa shape index (κ3) is 4.33. The number of amides is 1. The quantitative estimate of drug-likeness (QED) is 0.526. The van der Waals surface area contributed by atoms with Crippen LogP contribution < -0.4 is 5.32 Å². The Morgan fingerprint density at radius 1 is 1.50 bits per heavy atom. The summed E-state index contributed by atoms with van der Waals surface area (Å²) in [4.78, 5) is 22.9. The van der Waals surface area contributed by atoms with Crippen molar-refractivity contribution in [2.45, 2.75) is 12.5 Å². The van der Waals surface area contributed by atoms with Crippen molar-refractivity contribution < 1.29 is 14.7 Å². The second kappa shape index (κ2) is 7.20. The molecule has 0 aromatic heterocycles. The molecule has 0 aliphatic heterocycles. The summed E-state index contributed by atoms with van der Waals surface area (Å²) in [7, 11) is 0. The molecule has 1 atom stereocenters. The summed E-state index contributed by atoms with van der Waals surface area (Å²) in [6.45, 7) is 0. The van der Waals surface area contributed by atoms with Crippen LogP contribution >= 0.6 is 46.8 Å². The largest absolute Gasteiger partial charge is 0.480 e. The van der Waals surface area contributed by atoms with E-state index in [0.717, 1.165) is 0 Å². The second-order valence-corrected chi connectivity index (χ2v) is 5.55. The molecule has 0 saturated carbocycles. The minimum atomic E-state index is -1.07. The molecule has 18 heavy (non-hydrogen) atoms. The highest BCUT2D eigenvalue weighted by Crippen LogP contribution is 2.18. The molecule has 2 N–H and O–H groups in total. The fraction of sp³-hybridized carbons (Fsp3) is 0.273. The highest BCUT2D eigenvalue weighted by molar-refractivity contribution is 14.1. The summed E-state index contributed by atoms with van der Waals surface area (Å²) >= 11 is 11.8. The molecule has 7 heteroatoms. The van der Waals surface area contributed by atoms with Crippen molar-refractivity contribution in [1.29, 1.82) is 0 Å². The summed E-state index contributed by atoms with van der Waals surface area (Å²) in [6.07, 6.45) is 0.265. The van der Waals surface area contributed by atoms with Crippen molar-refractivity contribution >= 4 is 58.7 Å². The molecule has 1 aromatic carbocycles. The predicted molar refractivity (Wildman–Crippen MR) is 81.5 cm³/mol. The highest BCUT2D eigenvalue weighted by atomic mass is 127. The predicted octanol–water partition coefficient (Wildman–Crippen LogP) is 2.45. The molecule has 1 aromatic rings. The fourth-order valence-corrected chi connectivity index (χ4v) is 2.30. The first kappa shape index (κ1) is 15.6. The number of benzene rings is 1. The van der Waals surface area contributed by atoms with Crippen LogP contribution in [0.3, 0.4) is 0 Å². The Kier molecular flexibility index (Phi) is 6.24. The first-order chi connectivity index (χ1) is 8.45. The average molecular weight is 400 g/mol. The molecule has 0 fully saturated rings. The Labute approximate surface area is 129 Å². The van der Waals surface area contributed by atoms with E-state index in [4.69, 9.17) is 16.7 Å². The Morgan fingerprint density at radius 2 is 2.17 bits per heavy atom. The van der Waals surface area contributed by atoms with Gasteiger partial charge in [-0.15, -0.1) is 0 Å². The first-order valence-electron chi connectivity index (χ1n) is 5.05. The van der Waals surface area contributed by atoms with Gasteiger partial charge >= 0.3 is 5.97 Å². The van der Waals surface area contributed by atoms with Crippen molar-refractivity contribution in [3.8, 4) is 0 Å². The van der Waals surface area contributed by atoms with E-state index in [9.17, 15) is 9.59 Å². The van der Waals surface area contributed by atoms with Gasteiger partial charge in [-0.1, -0.05) is 11.6 Å². The van der Waals surface area contributed by atoms with Crippen LogP contribution in [0.2, 0.25) is 5.02 Å². The van der Waals surface area contributed by atoms with Crippen LogP contribution in [-0.4, -0.2) is 28.8 Å². The van der Waals surface area contributed by atoms with Crippen LogP contribution in [0, 0.1) is 3.57 Å². The van der Waals surface area contributed by atoms with Crippen LogP contribution in [0.4, 0.5) is 0 Å². The second-order valence-electron chi connectivity index (χ2n) is 3.50. The number of thiol groups is 1. The summed E-state index contributed by atoms with van der Waals surface area (Å²) < 4.78 is 0.713. The van der Waals surface area contributed by atoms with Gasteiger partial charge in [0.25, 0.3) is 5.91 Å². The van der Waals surface area contributed by atoms with Gasteiger partial charge in [-0.3, -0.25) is 4.79 Å². The Morgan fingerprint density at radius 3 is 2.72 bits per heavy atom. The van der Waals surface area contributed by atoms with Crippen molar-refractivity contribution in [2.24, 2.45) is 0 Å². The number of carboxylic acid groups (broad SMARTS) is 1. The van der Waals surface area contributed by atoms with Crippen molar-refractivity contribution in [3.05, 3.63) is 32.4 Å². The summed E-state index contributed by atoms with van der Waals surface area (Å²) in [5.41, 5.74) is 0.369. The van der Waals surface area contributed by atoms with E-state index >= 15 is 0 Å². The minimum absolute atomic E-state index is 0.265. The minimum Gasteiger partial charge on any atom is -0.480 e. The maximum Gasteiger partial charge on any atom is 0.326 e. The van der Waals surface area contributed by atoms with Crippen molar-refractivity contribution in [3.63, 3.8) is 0 Å². The first-order valence-corrected chi connectivity index (χ1v) is 7.14. The van der Waals surface area contributed by atoms with Crippen molar-refractivity contribution in [1.82, 2.24) is 5.32 Å². The molecule has 0 spiro atoms. The lowest BCUT2D eigenvalue weighted by molar-refractivity contribution is -0.139. The van der Waals surface area contributed by atoms with Gasteiger partial charge in [-0.2, -0.15) is 12.6 Å². The molecule has 1 unspecified atom stereocenters. The van der Waals surface area contributed by atoms with Crippen molar-refractivity contribution in [2.75, 3.05) is 5.75 Å². The normalized spacial score (nSPS) is 11.9. The monoisotopic (exact) mass is 399 g/mol. The molecule has 98 valence electrons. The zero-order chi connectivity index (χ0) is 13.7. The van der Waals surface area contributed by atoms with Crippen LogP contribution in [0.25, 0.3) is 0 Å². The van der Waals surface area contributed by atoms with Crippen LogP contribution in [-0.2, 0) is 4.79 Å². The number of hydrogen-bond acceptors (Lipinski definition) is 3. The molecular formula is C11H11ClINO3S. The molecule has 1 rings (SSSR count). The number of halogens is 2. The number of carbonyl (C=O) groups excluding carboxylic acids is 1. The standard InChI is InChI=1S/C11H11ClINO3S/c12-6-1-2-8(13)7(5-6)10(15)14-9(3-4-18)11(16)17/h1-2,5,9,18H,3-4H2,(H,14,15)(H,16,17). The molecule has 0 saturated heterocycles. The maximum absolute atomic E-state index is 11.9. The molecular weight excluding hydrogens is 389 g/mol. The Hall–Kier alpha value is -0.470. The molecule has 4 nitrogen and oxygen atoms in total. The molecule has 0 radical (unpaired) electrons. The zero-order valence-corrected chi connectivity index (χ0v) is 13.0. The fourth-order valence-electron chi connectivity index (χ4n) is 1.29. The molecule has 0 aliphatic rings. The third-order valence-electron chi connectivity index (χ3n) is 2.19. The van der Waals surface area contributed by atoms with Gasteiger partial charge < -0.3 is 10.4 Å². The van der Waals surface area contributed by atoms with E-state index in [-0.39, 0.29) is 6.42 Å². The summed E-state index contributed by atoms with van der Waals surface area (Å²) in [6, 6.07) is 3.94. The summed E-state index contributed by atoms with van der Waals surface area (Å²) in [5, 5.41) is 11.8. The van der Waals surface area contributed by atoms with Gasteiger partial charge in [-0.05, 0) is 53.0 Å². The van der Waals surface area contributed by atoms with Gasteiger partial charge in [0, 0.05) is 8.59 Å². The highest BCUT2D eigenvalue weighted by Gasteiger charge is 2.21. The van der Waals surface area contributed by atoms with Gasteiger partial charge in [0.1, 0.15) is 6.04 Å². The smallest absolute Gasteiger partial charge is 0.326 e. The van der Waals surface area contributed by atoms with E-state index in [0.29, 0.717) is 19.9 Å². The van der Waals surface area contributed by atoms with Gasteiger partial charge in [0.15, 0.2) is 0 Å². The molecule has 0 bridgehead atoms. The lowest BCUT2D eigenvalue weighted by atomic mass is 10.1. The Balaban J connectivity index is 2.86. The molecule has 0 heterocycles. The number of hydrogen-bond donors (Lipinski definition) is 3. The number of carboxylic acids is 1.